The van der Waals surface area contributed by atoms with Crippen molar-refractivity contribution in [1.29, 1.82) is 0 Å². The van der Waals surface area contributed by atoms with E-state index in [0.717, 1.165) is 0 Å². The molecular formula is C14H9N5O4. The Morgan fingerprint density at radius 1 is 1.26 bits per heavy atom. The number of hydrogen-bond acceptors (Lipinski definition) is 6. The highest BCUT2D eigenvalue weighted by molar-refractivity contribution is 5.97. The maximum Gasteiger partial charge on any atom is 0.295 e. The number of nitrogens with zero attached hydrogens (tertiary/aromatic N) is 4. The van der Waals surface area contributed by atoms with E-state index in [1.54, 1.807) is 0 Å². The Hall–Kier alpha value is -3.62. The first kappa shape index (κ1) is 14.3. The van der Waals surface area contributed by atoms with E-state index in [-0.39, 0.29) is 22.8 Å². The molecule has 9 heteroatoms. The number of nitrogens with one attached hydrogen (secondary N) is 1. The monoisotopic (exact) mass is 311 g/mol. The molecule has 0 saturated carbocycles. The molecule has 2 N–H and O–H groups in total. The van der Waals surface area contributed by atoms with E-state index in [4.69, 9.17) is 0 Å². The Morgan fingerprint density at radius 2 is 2.00 bits per heavy atom. The molecule has 3 rings (SSSR count). The van der Waals surface area contributed by atoms with E-state index in [1.807, 2.05) is 0 Å². The fourth-order valence-electron chi connectivity index (χ4n) is 2.01. The second-order valence-corrected chi connectivity index (χ2v) is 4.55. The molecule has 0 aliphatic carbocycles. The Morgan fingerprint density at radius 3 is 2.70 bits per heavy atom. The number of aromatic amines is 1. The second kappa shape index (κ2) is 5.64. The number of benzene rings is 1. The fourth-order valence-corrected chi connectivity index (χ4v) is 2.01. The Bertz CT molecular complexity index is 933. The molecule has 0 aliphatic heterocycles. The Labute approximate surface area is 128 Å². The van der Waals surface area contributed by atoms with E-state index in [9.17, 15) is 20.0 Å². The summed E-state index contributed by atoms with van der Waals surface area (Å²) in [6.45, 7) is 0. The summed E-state index contributed by atoms with van der Waals surface area (Å²) in [5, 5.41) is 28.2. The molecule has 2 aromatic heterocycles. The summed E-state index contributed by atoms with van der Waals surface area (Å²) in [7, 11) is 0. The Kier molecular flexibility index (Phi) is 3.51. The lowest BCUT2D eigenvalue weighted by molar-refractivity contribution is -0.384. The van der Waals surface area contributed by atoms with Crippen LogP contribution in [0.3, 0.4) is 0 Å². The topological polar surface area (TPSA) is 134 Å². The van der Waals surface area contributed by atoms with E-state index in [0.29, 0.717) is 10.9 Å². The number of pyridine rings is 1. The van der Waals surface area contributed by atoms with Crippen molar-refractivity contribution in [3.63, 3.8) is 0 Å². The van der Waals surface area contributed by atoms with Crippen LogP contribution in [-0.2, 0) is 0 Å². The molecule has 0 aliphatic rings. The largest absolute Gasteiger partial charge is 0.493 e. The third-order valence-electron chi connectivity index (χ3n) is 3.11. The van der Waals surface area contributed by atoms with Gasteiger partial charge < -0.3 is 10.1 Å². The zero-order chi connectivity index (χ0) is 16.4. The normalized spacial score (nSPS) is 11.1. The molecule has 0 radical (unpaired) electrons. The molecule has 0 unspecified atom stereocenters. The number of azo groups is 1. The van der Waals surface area contributed by atoms with Crippen molar-refractivity contribution in [3.05, 3.63) is 58.4 Å². The zero-order valence-corrected chi connectivity index (χ0v) is 11.5. The molecule has 23 heavy (non-hydrogen) atoms. The average Bonchev–Trinajstić information content (AvgIpc) is 2.87. The molecule has 0 spiro atoms. The van der Waals surface area contributed by atoms with Gasteiger partial charge in [0.25, 0.3) is 11.6 Å². The van der Waals surface area contributed by atoms with Gasteiger partial charge in [-0.2, -0.15) is 0 Å². The van der Waals surface area contributed by atoms with Crippen LogP contribution in [0.4, 0.5) is 11.4 Å². The van der Waals surface area contributed by atoms with E-state index < -0.39 is 10.8 Å². The zero-order valence-electron chi connectivity index (χ0n) is 11.5. The van der Waals surface area contributed by atoms with Crippen molar-refractivity contribution < 1.29 is 14.8 Å². The van der Waals surface area contributed by atoms with E-state index >= 15 is 0 Å². The molecule has 0 saturated heterocycles. The van der Waals surface area contributed by atoms with E-state index in [2.05, 4.69) is 20.2 Å². The molecule has 0 fully saturated rings. The van der Waals surface area contributed by atoms with Crippen molar-refractivity contribution >= 4 is 28.2 Å². The summed E-state index contributed by atoms with van der Waals surface area (Å²) in [5.41, 5.74) is 0.534. The minimum absolute atomic E-state index is 0.0360. The van der Waals surface area contributed by atoms with Gasteiger partial charge >= 0.3 is 0 Å². The van der Waals surface area contributed by atoms with Crippen molar-refractivity contribution in [3.8, 4) is 5.88 Å². The number of carbonyl (C=O) groups is 1. The molecule has 1 amide bonds. The first-order valence-corrected chi connectivity index (χ1v) is 6.41. The van der Waals surface area contributed by atoms with Gasteiger partial charge in [0.1, 0.15) is 0 Å². The lowest BCUT2D eigenvalue weighted by atomic mass is 10.2. The number of aromatic nitrogens is 2. The maximum atomic E-state index is 11.9. The van der Waals surface area contributed by atoms with Crippen LogP contribution in [0.25, 0.3) is 10.9 Å². The maximum absolute atomic E-state index is 11.9. The number of non-ortho nitro benzene ring substituents is 1. The first-order valence-electron chi connectivity index (χ1n) is 6.41. The van der Waals surface area contributed by atoms with Crippen molar-refractivity contribution in [2.45, 2.75) is 0 Å². The number of H-pyrrole nitrogens is 1. The van der Waals surface area contributed by atoms with Gasteiger partial charge in [-0.3, -0.25) is 19.9 Å². The number of hydrogen-bond donors (Lipinski definition) is 2. The summed E-state index contributed by atoms with van der Waals surface area (Å²) in [6, 6.07) is 6.93. The number of nitro benzene ring substituents is 1. The summed E-state index contributed by atoms with van der Waals surface area (Å²) < 4.78 is 0. The minimum Gasteiger partial charge on any atom is -0.493 e. The van der Waals surface area contributed by atoms with Crippen molar-refractivity contribution in [2.75, 3.05) is 0 Å². The van der Waals surface area contributed by atoms with Crippen LogP contribution in [0.1, 0.15) is 10.4 Å². The number of aromatic hydroxyl groups is 1. The van der Waals surface area contributed by atoms with Gasteiger partial charge in [-0.25, -0.2) is 0 Å². The third kappa shape index (κ3) is 2.75. The lowest BCUT2D eigenvalue weighted by Crippen LogP contribution is -1.92. The molecule has 3 aromatic rings. The van der Waals surface area contributed by atoms with Crippen molar-refractivity contribution in [2.24, 2.45) is 10.2 Å². The van der Waals surface area contributed by atoms with Crippen molar-refractivity contribution in [1.82, 2.24) is 9.97 Å². The molecule has 1 aromatic carbocycles. The third-order valence-corrected chi connectivity index (χ3v) is 3.11. The molecule has 2 heterocycles. The quantitative estimate of drug-likeness (QED) is 0.435. The van der Waals surface area contributed by atoms with Crippen LogP contribution in [0.2, 0.25) is 0 Å². The average molecular weight is 311 g/mol. The number of carbonyl (C=O) groups excluding carboxylic acids is 1. The van der Waals surface area contributed by atoms with Crippen LogP contribution in [0.15, 0.2) is 53.0 Å². The summed E-state index contributed by atoms with van der Waals surface area (Å²) in [4.78, 5) is 28.5. The highest BCUT2D eigenvalue weighted by Gasteiger charge is 2.15. The van der Waals surface area contributed by atoms with Gasteiger partial charge in [0.05, 0.1) is 10.4 Å². The highest BCUT2D eigenvalue weighted by atomic mass is 16.6. The lowest BCUT2D eigenvalue weighted by Gasteiger charge is -1.94. The van der Waals surface area contributed by atoms with Gasteiger partial charge in [0.2, 0.25) is 5.88 Å². The Balaban J connectivity index is 2.00. The second-order valence-electron chi connectivity index (χ2n) is 4.55. The smallest absolute Gasteiger partial charge is 0.295 e. The number of rotatable bonds is 3. The van der Waals surface area contributed by atoms with Gasteiger partial charge in [-0.15, -0.1) is 10.2 Å². The van der Waals surface area contributed by atoms with Crippen LogP contribution in [0, 0.1) is 10.1 Å². The summed E-state index contributed by atoms with van der Waals surface area (Å²) in [6.07, 6.45) is 2.88. The standard InChI is InChI=1S/C14H9N5O4/c20-13(8-3-5-15-6-4-8)18-17-12-10-7-9(19(22)23)1-2-11(10)16-14(12)21/h1-7,16,21H. The highest BCUT2D eigenvalue weighted by Crippen LogP contribution is 2.37. The number of nitro groups is 1. The molecule has 0 atom stereocenters. The van der Waals surface area contributed by atoms with Gasteiger partial charge in [0, 0.05) is 35.5 Å². The summed E-state index contributed by atoms with van der Waals surface area (Å²) in [5.74, 6) is -0.946. The van der Waals surface area contributed by atoms with E-state index in [1.165, 1.54) is 42.7 Å². The van der Waals surface area contributed by atoms with Crippen LogP contribution in [0.5, 0.6) is 5.88 Å². The number of fused-ring (bicyclic) bond motifs is 1. The van der Waals surface area contributed by atoms with Gasteiger partial charge in [-0.05, 0) is 18.2 Å². The van der Waals surface area contributed by atoms with Crippen LogP contribution >= 0.6 is 0 Å². The first-order chi connectivity index (χ1) is 11.1. The molecular weight excluding hydrogens is 302 g/mol. The predicted octanol–water partition coefficient (Wildman–Crippen LogP) is 3.10. The predicted molar refractivity (Wildman–Crippen MR) is 79.7 cm³/mol. The summed E-state index contributed by atoms with van der Waals surface area (Å²) >= 11 is 0. The molecule has 9 nitrogen and oxygen atoms in total. The molecule has 114 valence electrons. The molecule has 0 bridgehead atoms. The van der Waals surface area contributed by atoms with Crippen LogP contribution in [-0.4, -0.2) is 25.9 Å². The van der Waals surface area contributed by atoms with Gasteiger partial charge in [0.15, 0.2) is 5.69 Å². The number of amides is 1. The fraction of sp³-hybridized carbons (Fsp3) is 0. The minimum atomic E-state index is -0.619. The SMILES string of the molecule is O=C(N=Nc1c(O)[nH]c2ccc([N+](=O)[O-])cc12)c1ccncc1. The van der Waals surface area contributed by atoms with Crippen LogP contribution < -0.4 is 0 Å². The van der Waals surface area contributed by atoms with Gasteiger partial charge in [-0.1, -0.05) is 0 Å².